The fourth-order valence-corrected chi connectivity index (χ4v) is 2.92. The maximum absolute atomic E-state index is 12.1. The molecular formula is C18H31N3O2. The number of nitrogens with zero attached hydrogens (tertiary/aromatic N) is 3. The molecule has 5 heteroatoms. The average Bonchev–Trinajstić information content (AvgIpc) is 2.83. The molecule has 0 atom stereocenters. The molecule has 1 aromatic rings. The van der Waals surface area contributed by atoms with Gasteiger partial charge in [0.1, 0.15) is 5.60 Å². The number of amides is 1. The quantitative estimate of drug-likeness (QED) is 0.826. The summed E-state index contributed by atoms with van der Waals surface area (Å²) < 4.78 is 7.52. The summed E-state index contributed by atoms with van der Waals surface area (Å²) in [5, 5.41) is 4.54. The van der Waals surface area contributed by atoms with Crippen LogP contribution in [0.4, 0.5) is 4.79 Å². The highest BCUT2D eigenvalue weighted by atomic mass is 16.6. The van der Waals surface area contributed by atoms with Crippen molar-refractivity contribution in [3.63, 3.8) is 0 Å². The lowest BCUT2D eigenvalue weighted by Gasteiger charge is -2.33. The maximum Gasteiger partial charge on any atom is 0.410 e. The van der Waals surface area contributed by atoms with E-state index in [4.69, 9.17) is 4.74 Å². The zero-order valence-electron chi connectivity index (χ0n) is 15.4. The predicted molar refractivity (Wildman–Crippen MR) is 91.5 cm³/mol. The second-order valence-corrected chi connectivity index (χ2v) is 8.76. The van der Waals surface area contributed by atoms with Gasteiger partial charge in [0.25, 0.3) is 0 Å². The molecule has 1 saturated heterocycles. The van der Waals surface area contributed by atoms with E-state index in [1.54, 1.807) is 4.90 Å². The molecule has 0 unspecified atom stereocenters. The Hall–Kier alpha value is -1.52. The molecule has 23 heavy (non-hydrogen) atoms. The minimum Gasteiger partial charge on any atom is -0.444 e. The largest absolute Gasteiger partial charge is 0.444 e. The van der Waals surface area contributed by atoms with Crippen molar-refractivity contribution < 1.29 is 9.53 Å². The molecule has 1 aliphatic heterocycles. The van der Waals surface area contributed by atoms with Crippen LogP contribution >= 0.6 is 0 Å². The summed E-state index contributed by atoms with van der Waals surface area (Å²) in [5.41, 5.74) is 1.12. The van der Waals surface area contributed by atoms with Gasteiger partial charge in [-0.05, 0) is 51.0 Å². The van der Waals surface area contributed by atoms with Gasteiger partial charge in [-0.3, -0.25) is 4.68 Å². The van der Waals surface area contributed by atoms with Gasteiger partial charge in [-0.25, -0.2) is 4.79 Å². The van der Waals surface area contributed by atoms with Crippen LogP contribution in [-0.2, 0) is 11.2 Å². The van der Waals surface area contributed by atoms with Crippen molar-refractivity contribution in [1.29, 1.82) is 0 Å². The van der Waals surface area contributed by atoms with Crippen molar-refractivity contribution in [3.05, 3.63) is 18.0 Å². The van der Waals surface area contributed by atoms with Crippen LogP contribution in [0.3, 0.4) is 0 Å². The molecule has 2 rings (SSSR count). The summed E-state index contributed by atoms with van der Waals surface area (Å²) in [6.07, 6.45) is 6.82. The lowest BCUT2D eigenvalue weighted by atomic mass is 9.89. The molecule has 0 radical (unpaired) electrons. The number of hydrogen-bond acceptors (Lipinski definition) is 3. The molecule has 0 aliphatic carbocycles. The molecule has 0 bridgehead atoms. The van der Waals surface area contributed by atoms with Gasteiger partial charge < -0.3 is 9.64 Å². The van der Waals surface area contributed by atoms with Gasteiger partial charge >= 0.3 is 6.09 Å². The fraction of sp³-hybridized carbons (Fsp3) is 0.778. The predicted octanol–water partition coefficient (Wildman–Crippen LogP) is 4.04. The third-order valence-corrected chi connectivity index (χ3v) is 3.88. The highest BCUT2D eigenvalue weighted by molar-refractivity contribution is 5.68. The Morgan fingerprint density at radius 2 is 1.83 bits per heavy atom. The smallest absolute Gasteiger partial charge is 0.410 e. The Bertz CT molecular complexity index is 529. The number of piperidine rings is 1. The summed E-state index contributed by atoms with van der Waals surface area (Å²) in [6.45, 7) is 13.9. The number of ether oxygens (including phenoxy) is 1. The van der Waals surface area contributed by atoms with E-state index in [1.165, 1.54) is 5.56 Å². The van der Waals surface area contributed by atoms with E-state index in [2.05, 4.69) is 36.7 Å². The van der Waals surface area contributed by atoms with Gasteiger partial charge in [0, 0.05) is 19.3 Å². The first-order valence-electron chi connectivity index (χ1n) is 8.54. The van der Waals surface area contributed by atoms with Crippen molar-refractivity contribution in [2.75, 3.05) is 13.1 Å². The summed E-state index contributed by atoms with van der Waals surface area (Å²) in [4.78, 5) is 13.9. The minimum atomic E-state index is -0.433. The van der Waals surface area contributed by atoms with Gasteiger partial charge in [-0.2, -0.15) is 5.10 Å². The monoisotopic (exact) mass is 321 g/mol. The highest BCUT2D eigenvalue weighted by Gasteiger charge is 2.28. The molecule has 130 valence electrons. The molecule has 0 saturated carbocycles. The van der Waals surface area contributed by atoms with Crippen molar-refractivity contribution in [1.82, 2.24) is 14.7 Å². The van der Waals surface area contributed by atoms with Crippen LogP contribution in [0.1, 0.15) is 66.0 Å². The first-order chi connectivity index (χ1) is 10.5. The van der Waals surface area contributed by atoms with Crippen molar-refractivity contribution in [2.45, 2.75) is 72.4 Å². The number of rotatable bonds is 2. The summed E-state index contributed by atoms with van der Waals surface area (Å²) in [5.74, 6) is 0. The zero-order valence-corrected chi connectivity index (χ0v) is 15.4. The standard InChI is InChI=1S/C18H31N3O2/c1-17(2,3)11-14-12-19-21(13-14)15-7-9-20(10-8-15)16(22)23-18(4,5)6/h12-13,15H,7-11H2,1-6H3. The van der Waals surface area contributed by atoms with Gasteiger partial charge in [0.15, 0.2) is 0 Å². The molecule has 5 nitrogen and oxygen atoms in total. The van der Waals surface area contributed by atoms with Crippen LogP contribution in [0.5, 0.6) is 0 Å². The van der Waals surface area contributed by atoms with Gasteiger partial charge in [-0.1, -0.05) is 20.8 Å². The van der Waals surface area contributed by atoms with Crippen molar-refractivity contribution in [3.8, 4) is 0 Å². The van der Waals surface area contributed by atoms with Crippen molar-refractivity contribution >= 4 is 6.09 Å². The van der Waals surface area contributed by atoms with Crippen LogP contribution in [0.25, 0.3) is 0 Å². The third kappa shape index (κ3) is 5.56. The lowest BCUT2D eigenvalue weighted by Crippen LogP contribution is -2.42. The number of carbonyl (C=O) groups is 1. The van der Waals surface area contributed by atoms with Gasteiger partial charge in [0.2, 0.25) is 0 Å². The first-order valence-corrected chi connectivity index (χ1v) is 8.54. The van der Waals surface area contributed by atoms with E-state index in [1.807, 2.05) is 27.0 Å². The fourth-order valence-electron chi connectivity index (χ4n) is 2.92. The Kier molecular flexibility index (Phi) is 5.07. The van der Waals surface area contributed by atoms with Crippen LogP contribution in [0.15, 0.2) is 12.4 Å². The van der Waals surface area contributed by atoms with Gasteiger partial charge in [0.05, 0.1) is 12.2 Å². The normalized spacial score (nSPS) is 17.4. The molecule has 1 aliphatic rings. The van der Waals surface area contributed by atoms with Crippen LogP contribution in [0, 0.1) is 5.41 Å². The van der Waals surface area contributed by atoms with E-state index in [0.717, 1.165) is 32.4 Å². The Balaban J connectivity index is 1.88. The van der Waals surface area contributed by atoms with E-state index in [9.17, 15) is 4.79 Å². The summed E-state index contributed by atoms with van der Waals surface area (Å²) in [7, 11) is 0. The average molecular weight is 321 g/mol. The van der Waals surface area contributed by atoms with Crippen LogP contribution in [0.2, 0.25) is 0 Å². The molecule has 1 fully saturated rings. The summed E-state index contributed by atoms with van der Waals surface area (Å²) in [6, 6.07) is 0.377. The molecule has 0 N–H and O–H groups in total. The van der Waals surface area contributed by atoms with Crippen LogP contribution < -0.4 is 0 Å². The minimum absolute atomic E-state index is 0.204. The molecular weight excluding hydrogens is 290 g/mol. The zero-order chi connectivity index (χ0) is 17.3. The second-order valence-electron chi connectivity index (χ2n) is 8.76. The van der Waals surface area contributed by atoms with E-state index in [-0.39, 0.29) is 11.5 Å². The van der Waals surface area contributed by atoms with Crippen molar-refractivity contribution in [2.24, 2.45) is 5.41 Å². The van der Waals surface area contributed by atoms with E-state index < -0.39 is 5.60 Å². The second kappa shape index (κ2) is 6.54. The Labute approximate surface area is 140 Å². The topological polar surface area (TPSA) is 47.4 Å². The number of carbonyl (C=O) groups excluding carboxylic acids is 1. The Morgan fingerprint density at radius 3 is 2.35 bits per heavy atom. The third-order valence-electron chi connectivity index (χ3n) is 3.88. The number of hydrogen-bond donors (Lipinski definition) is 0. The SMILES string of the molecule is CC(C)(C)Cc1cnn(C2CCN(C(=O)OC(C)(C)C)CC2)c1. The van der Waals surface area contributed by atoms with E-state index in [0.29, 0.717) is 6.04 Å². The maximum atomic E-state index is 12.1. The molecule has 0 spiro atoms. The van der Waals surface area contributed by atoms with Gasteiger partial charge in [-0.15, -0.1) is 0 Å². The Morgan fingerprint density at radius 1 is 1.22 bits per heavy atom. The van der Waals surface area contributed by atoms with Crippen LogP contribution in [-0.4, -0.2) is 39.5 Å². The lowest BCUT2D eigenvalue weighted by molar-refractivity contribution is 0.0184. The molecule has 1 aromatic heterocycles. The first kappa shape index (κ1) is 17.8. The van der Waals surface area contributed by atoms with E-state index >= 15 is 0 Å². The summed E-state index contributed by atoms with van der Waals surface area (Å²) >= 11 is 0. The number of aromatic nitrogens is 2. The molecule has 1 amide bonds. The number of likely N-dealkylation sites (tertiary alicyclic amines) is 1. The highest BCUT2D eigenvalue weighted by Crippen LogP contribution is 2.25. The molecule has 0 aromatic carbocycles. The molecule has 2 heterocycles.